The van der Waals surface area contributed by atoms with Crippen molar-refractivity contribution in [2.24, 2.45) is 0 Å². The van der Waals surface area contributed by atoms with Gasteiger partial charge >= 0.3 is 0 Å². The highest BCUT2D eigenvalue weighted by atomic mass is 16.5. The maximum absolute atomic E-state index is 5.37. The molecule has 2 heteroatoms. The van der Waals surface area contributed by atoms with Crippen molar-refractivity contribution in [1.82, 2.24) is 4.90 Å². The fourth-order valence-electron chi connectivity index (χ4n) is 2.09. The van der Waals surface area contributed by atoms with Gasteiger partial charge in [0, 0.05) is 12.6 Å². The van der Waals surface area contributed by atoms with Gasteiger partial charge in [0.1, 0.15) is 0 Å². The van der Waals surface area contributed by atoms with Crippen LogP contribution in [0, 0.1) is 0 Å². The Labute approximate surface area is 68.5 Å². The molecule has 0 aromatic carbocycles. The number of hydrogen-bond donors (Lipinski definition) is 0. The molecule has 2 saturated heterocycles. The third-order valence-electron chi connectivity index (χ3n) is 2.81. The maximum atomic E-state index is 5.37. The lowest BCUT2D eigenvalue weighted by Gasteiger charge is -2.31. The van der Waals surface area contributed by atoms with Gasteiger partial charge in [-0.3, -0.25) is 4.90 Å². The van der Waals surface area contributed by atoms with Crippen LogP contribution >= 0.6 is 0 Å². The lowest BCUT2D eigenvalue weighted by atomic mass is 10.1. The molecule has 0 bridgehead atoms. The molecule has 64 valence electrons. The van der Waals surface area contributed by atoms with E-state index in [0.29, 0.717) is 0 Å². The molecule has 2 heterocycles. The molecule has 2 fully saturated rings. The lowest BCUT2D eigenvalue weighted by molar-refractivity contribution is 0.128. The molecule has 2 nitrogen and oxygen atoms in total. The number of hydrogen-bond acceptors (Lipinski definition) is 2. The van der Waals surface area contributed by atoms with Crippen LogP contribution in [0.15, 0.2) is 0 Å². The molecule has 0 aliphatic carbocycles. The molecule has 0 aromatic heterocycles. The van der Waals surface area contributed by atoms with E-state index in [1.165, 1.54) is 38.8 Å². The summed E-state index contributed by atoms with van der Waals surface area (Å²) in [6.45, 7) is 4.60. The summed E-state index contributed by atoms with van der Waals surface area (Å²) in [6, 6.07) is 0.760. The number of nitrogens with zero attached hydrogens (tertiary/aromatic N) is 1. The zero-order chi connectivity index (χ0) is 7.52. The van der Waals surface area contributed by atoms with Crippen molar-refractivity contribution in [3.05, 3.63) is 0 Å². The molecule has 1 unspecified atom stereocenters. The molecule has 0 radical (unpaired) electrons. The summed E-state index contributed by atoms with van der Waals surface area (Å²) in [4.78, 5) is 2.61. The number of ether oxygens (including phenoxy) is 1. The van der Waals surface area contributed by atoms with Crippen molar-refractivity contribution < 1.29 is 4.74 Å². The van der Waals surface area contributed by atoms with Gasteiger partial charge in [-0.05, 0) is 32.4 Å². The molecule has 1 atom stereocenters. The molecule has 0 amide bonds. The highest BCUT2D eigenvalue weighted by Crippen LogP contribution is 2.17. The standard InChI is InChI=1S/C9H17NO/c1-2-5-10(6-3-1)9-4-7-11-8-9/h9H,1-8H2. The number of piperidine rings is 1. The van der Waals surface area contributed by atoms with Crippen molar-refractivity contribution >= 4 is 0 Å². The van der Waals surface area contributed by atoms with Gasteiger partial charge in [-0.25, -0.2) is 0 Å². The van der Waals surface area contributed by atoms with E-state index in [1.807, 2.05) is 0 Å². The Balaban J connectivity index is 1.82. The van der Waals surface area contributed by atoms with Gasteiger partial charge in [0.25, 0.3) is 0 Å². The summed E-state index contributed by atoms with van der Waals surface area (Å²) < 4.78 is 5.37. The summed E-state index contributed by atoms with van der Waals surface area (Å²) in [5.41, 5.74) is 0. The van der Waals surface area contributed by atoms with Gasteiger partial charge in [0.05, 0.1) is 6.61 Å². The zero-order valence-corrected chi connectivity index (χ0v) is 7.09. The van der Waals surface area contributed by atoms with Crippen LogP contribution in [0.25, 0.3) is 0 Å². The Morgan fingerprint density at radius 2 is 1.91 bits per heavy atom. The molecule has 2 rings (SSSR count). The van der Waals surface area contributed by atoms with E-state index < -0.39 is 0 Å². The van der Waals surface area contributed by atoms with Gasteiger partial charge in [-0.1, -0.05) is 6.42 Å². The molecular weight excluding hydrogens is 138 g/mol. The van der Waals surface area contributed by atoms with E-state index in [1.54, 1.807) is 0 Å². The first kappa shape index (κ1) is 7.56. The first-order valence-electron chi connectivity index (χ1n) is 4.78. The van der Waals surface area contributed by atoms with E-state index in [-0.39, 0.29) is 0 Å². The normalized spacial score (nSPS) is 34.4. The Morgan fingerprint density at radius 1 is 1.09 bits per heavy atom. The molecule has 0 saturated carbocycles. The first-order valence-corrected chi connectivity index (χ1v) is 4.78. The summed E-state index contributed by atoms with van der Waals surface area (Å²) >= 11 is 0. The van der Waals surface area contributed by atoms with Gasteiger partial charge in [0.15, 0.2) is 0 Å². The molecule has 2 aliphatic rings. The Bertz CT molecular complexity index is 115. The predicted octanol–water partition coefficient (Wildman–Crippen LogP) is 1.26. The minimum absolute atomic E-state index is 0.760. The van der Waals surface area contributed by atoms with Gasteiger partial charge < -0.3 is 4.74 Å². The number of likely N-dealkylation sites (tertiary alicyclic amines) is 1. The quantitative estimate of drug-likeness (QED) is 0.565. The van der Waals surface area contributed by atoms with Crippen molar-refractivity contribution in [1.29, 1.82) is 0 Å². The molecule has 2 aliphatic heterocycles. The summed E-state index contributed by atoms with van der Waals surface area (Å²) in [7, 11) is 0. The molecule has 11 heavy (non-hydrogen) atoms. The second-order valence-electron chi connectivity index (χ2n) is 3.61. The van der Waals surface area contributed by atoms with Crippen LogP contribution in [-0.4, -0.2) is 37.2 Å². The van der Waals surface area contributed by atoms with Crippen molar-refractivity contribution in [3.63, 3.8) is 0 Å². The topological polar surface area (TPSA) is 12.5 Å². The average molecular weight is 155 g/mol. The van der Waals surface area contributed by atoms with E-state index >= 15 is 0 Å². The third kappa shape index (κ3) is 1.74. The predicted molar refractivity (Wildman–Crippen MR) is 44.6 cm³/mol. The average Bonchev–Trinajstić information content (AvgIpc) is 2.58. The second kappa shape index (κ2) is 3.55. The highest BCUT2D eigenvalue weighted by molar-refractivity contribution is 4.77. The Kier molecular flexibility index (Phi) is 2.44. The highest BCUT2D eigenvalue weighted by Gasteiger charge is 2.23. The minimum atomic E-state index is 0.760. The third-order valence-corrected chi connectivity index (χ3v) is 2.81. The summed E-state index contributed by atoms with van der Waals surface area (Å²) in [6.07, 6.45) is 5.50. The monoisotopic (exact) mass is 155 g/mol. The molecule has 0 aromatic rings. The second-order valence-corrected chi connectivity index (χ2v) is 3.61. The van der Waals surface area contributed by atoms with Crippen LogP contribution in [0.4, 0.5) is 0 Å². The van der Waals surface area contributed by atoms with E-state index in [2.05, 4.69) is 4.90 Å². The fraction of sp³-hybridized carbons (Fsp3) is 1.00. The van der Waals surface area contributed by atoms with Gasteiger partial charge in [-0.15, -0.1) is 0 Å². The Hall–Kier alpha value is -0.0800. The van der Waals surface area contributed by atoms with E-state index in [9.17, 15) is 0 Å². The van der Waals surface area contributed by atoms with Gasteiger partial charge in [-0.2, -0.15) is 0 Å². The molecule has 0 N–H and O–H groups in total. The summed E-state index contributed by atoms with van der Waals surface area (Å²) in [5.74, 6) is 0. The Morgan fingerprint density at radius 3 is 2.55 bits per heavy atom. The molecule has 0 spiro atoms. The van der Waals surface area contributed by atoms with Crippen LogP contribution in [0.5, 0.6) is 0 Å². The van der Waals surface area contributed by atoms with Crippen molar-refractivity contribution in [2.45, 2.75) is 31.7 Å². The first-order chi connectivity index (χ1) is 5.47. The van der Waals surface area contributed by atoms with E-state index in [4.69, 9.17) is 4.74 Å². The maximum Gasteiger partial charge on any atom is 0.0622 e. The van der Waals surface area contributed by atoms with Crippen LogP contribution < -0.4 is 0 Å². The van der Waals surface area contributed by atoms with Crippen LogP contribution in [-0.2, 0) is 4.74 Å². The minimum Gasteiger partial charge on any atom is -0.380 e. The lowest BCUT2D eigenvalue weighted by Crippen LogP contribution is -2.39. The smallest absolute Gasteiger partial charge is 0.0622 e. The van der Waals surface area contributed by atoms with Crippen LogP contribution in [0.3, 0.4) is 0 Å². The van der Waals surface area contributed by atoms with E-state index in [0.717, 1.165) is 19.3 Å². The SMILES string of the molecule is C1CCN(C2CCOC2)CC1. The van der Waals surface area contributed by atoms with Crippen LogP contribution in [0.2, 0.25) is 0 Å². The van der Waals surface area contributed by atoms with Gasteiger partial charge in [0.2, 0.25) is 0 Å². The summed E-state index contributed by atoms with van der Waals surface area (Å²) in [5, 5.41) is 0. The number of rotatable bonds is 1. The van der Waals surface area contributed by atoms with Crippen molar-refractivity contribution in [2.75, 3.05) is 26.3 Å². The largest absolute Gasteiger partial charge is 0.380 e. The van der Waals surface area contributed by atoms with Crippen LogP contribution in [0.1, 0.15) is 25.7 Å². The molecular formula is C9H17NO. The fourth-order valence-corrected chi connectivity index (χ4v) is 2.09. The van der Waals surface area contributed by atoms with Crippen molar-refractivity contribution in [3.8, 4) is 0 Å². The zero-order valence-electron chi connectivity index (χ0n) is 7.09.